The van der Waals surface area contributed by atoms with Crippen molar-refractivity contribution < 1.29 is 13.9 Å². The van der Waals surface area contributed by atoms with Crippen LogP contribution in [0.1, 0.15) is 24.2 Å². The fourth-order valence-corrected chi connectivity index (χ4v) is 3.04. The van der Waals surface area contributed by atoms with Crippen molar-refractivity contribution in [2.75, 3.05) is 13.2 Å². The number of halogens is 2. The number of hydrogen-bond donors (Lipinski definition) is 0. The van der Waals surface area contributed by atoms with Gasteiger partial charge in [0.05, 0.1) is 36.4 Å². The highest BCUT2D eigenvalue weighted by atomic mass is 35.5. The first-order chi connectivity index (χ1) is 10.5. The molecule has 1 amide bonds. The Morgan fingerprint density at radius 3 is 2.68 bits per heavy atom. The van der Waals surface area contributed by atoms with E-state index in [9.17, 15) is 9.18 Å². The normalized spacial score (nSPS) is 22.1. The van der Waals surface area contributed by atoms with E-state index in [2.05, 4.69) is 4.98 Å². The topological polar surface area (TPSA) is 42.4 Å². The maximum Gasteiger partial charge on any atom is 0.257 e. The second-order valence-electron chi connectivity index (χ2n) is 5.61. The summed E-state index contributed by atoms with van der Waals surface area (Å²) in [6.45, 7) is 4.87. The lowest BCUT2D eigenvalue weighted by atomic mass is 10.1. The summed E-state index contributed by atoms with van der Waals surface area (Å²) in [4.78, 5) is 18.7. The highest BCUT2D eigenvalue weighted by Crippen LogP contribution is 2.25. The summed E-state index contributed by atoms with van der Waals surface area (Å²) in [6, 6.07) is 5.84. The van der Waals surface area contributed by atoms with Gasteiger partial charge in [-0.15, -0.1) is 0 Å². The van der Waals surface area contributed by atoms with Gasteiger partial charge in [0.2, 0.25) is 0 Å². The van der Waals surface area contributed by atoms with E-state index in [0.29, 0.717) is 29.7 Å². The molecule has 4 nitrogen and oxygen atoms in total. The highest BCUT2D eigenvalue weighted by Gasteiger charge is 2.31. The van der Waals surface area contributed by atoms with Crippen LogP contribution in [0.5, 0.6) is 0 Å². The lowest BCUT2D eigenvalue weighted by Gasteiger charge is -2.38. The van der Waals surface area contributed by atoms with E-state index in [1.807, 2.05) is 13.8 Å². The van der Waals surface area contributed by atoms with Gasteiger partial charge in [-0.3, -0.25) is 4.79 Å². The minimum absolute atomic E-state index is 0.0313. The van der Waals surface area contributed by atoms with Gasteiger partial charge < -0.3 is 9.64 Å². The molecular weight excluding hydrogens is 307 g/mol. The van der Waals surface area contributed by atoms with E-state index in [0.717, 1.165) is 0 Å². The number of nitrogens with zero attached hydrogens (tertiary/aromatic N) is 2. The van der Waals surface area contributed by atoms with Crippen LogP contribution in [0.25, 0.3) is 10.9 Å². The smallest absolute Gasteiger partial charge is 0.257 e. The van der Waals surface area contributed by atoms with Crippen LogP contribution < -0.4 is 0 Å². The van der Waals surface area contributed by atoms with Crippen molar-refractivity contribution in [3.05, 3.63) is 40.8 Å². The second-order valence-corrected chi connectivity index (χ2v) is 5.97. The Hall–Kier alpha value is -1.72. The van der Waals surface area contributed by atoms with E-state index in [1.165, 1.54) is 12.1 Å². The quantitative estimate of drug-likeness (QED) is 0.757. The zero-order valence-electron chi connectivity index (χ0n) is 12.3. The third-order valence-corrected chi connectivity index (χ3v) is 4.15. The first-order valence-electron chi connectivity index (χ1n) is 7.13. The molecule has 0 radical (unpaired) electrons. The van der Waals surface area contributed by atoms with Crippen molar-refractivity contribution >= 4 is 28.4 Å². The molecule has 3 rings (SSSR count). The zero-order valence-corrected chi connectivity index (χ0v) is 13.1. The predicted molar refractivity (Wildman–Crippen MR) is 82.6 cm³/mol. The molecule has 1 aromatic heterocycles. The molecule has 2 aromatic rings. The molecule has 116 valence electrons. The molecule has 0 bridgehead atoms. The van der Waals surface area contributed by atoms with Gasteiger partial charge in [0.15, 0.2) is 0 Å². The van der Waals surface area contributed by atoms with Crippen molar-refractivity contribution in [3.63, 3.8) is 0 Å². The van der Waals surface area contributed by atoms with Gasteiger partial charge in [0.25, 0.3) is 5.91 Å². The Balaban J connectivity index is 2.03. The van der Waals surface area contributed by atoms with Crippen LogP contribution in [-0.4, -0.2) is 41.1 Å². The zero-order chi connectivity index (χ0) is 15.9. The average Bonchev–Trinajstić information content (AvgIpc) is 2.46. The van der Waals surface area contributed by atoms with E-state index < -0.39 is 0 Å². The van der Waals surface area contributed by atoms with E-state index in [1.54, 1.807) is 17.0 Å². The average molecular weight is 323 g/mol. The number of rotatable bonds is 1. The summed E-state index contributed by atoms with van der Waals surface area (Å²) in [5.74, 6) is -0.558. The van der Waals surface area contributed by atoms with Crippen LogP contribution in [0, 0.1) is 5.82 Å². The first kappa shape index (κ1) is 15.2. The number of pyridine rings is 1. The molecule has 22 heavy (non-hydrogen) atoms. The molecule has 6 heteroatoms. The highest BCUT2D eigenvalue weighted by molar-refractivity contribution is 6.33. The van der Waals surface area contributed by atoms with Crippen molar-refractivity contribution in [1.29, 1.82) is 0 Å². The van der Waals surface area contributed by atoms with E-state index >= 15 is 0 Å². The van der Waals surface area contributed by atoms with Crippen LogP contribution in [0.4, 0.5) is 4.39 Å². The van der Waals surface area contributed by atoms with Gasteiger partial charge in [-0.25, -0.2) is 9.37 Å². The maximum absolute atomic E-state index is 13.2. The number of hydrogen-bond acceptors (Lipinski definition) is 3. The minimum atomic E-state index is -0.384. The number of benzene rings is 1. The molecule has 1 aliphatic heterocycles. The number of aromatic nitrogens is 1. The molecule has 0 N–H and O–H groups in total. The Morgan fingerprint density at radius 2 is 2.00 bits per heavy atom. The van der Waals surface area contributed by atoms with Crippen molar-refractivity contribution in [2.24, 2.45) is 0 Å². The van der Waals surface area contributed by atoms with Crippen LogP contribution in [0.3, 0.4) is 0 Å². The molecule has 2 atom stereocenters. The first-order valence-corrected chi connectivity index (χ1v) is 7.51. The van der Waals surface area contributed by atoms with Gasteiger partial charge in [-0.05, 0) is 32.0 Å². The number of carbonyl (C=O) groups is 1. The number of amides is 1. The third-order valence-electron chi connectivity index (χ3n) is 3.87. The second kappa shape index (κ2) is 5.82. The summed E-state index contributed by atoms with van der Waals surface area (Å²) in [5.41, 5.74) is 0.769. The van der Waals surface area contributed by atoms with Crippen molar-refractivity contribution in [3.8, 4) is 0 Å². The lowest BCUT2D eigenvalue weighted by Crippen LogP contribution is -2.52. The Labute approximate surface area is 132 Å². The third kappa shape index (κ3) is 2.66. The van der Waals surface area contributed by atoms with Gasteiger partial charge >= 0.3 is 0 Å². The van der Waals surface area contributed by atoms with Gasteiger partial charge in [-0.1, -0.05) is 11.6 Å². The minimum Gasteiger partial charge on any atom is -0.377 e. The monoisotopic (exact) mass is 322 g/mol. The van der Waals surface area contributed by atoms with Crippen LogP contribution in [-0.2, 0) is 4.74 Å². The summed E-state index contributed by atoms with van der Waals surface area (Å²) in [5, 5.41) is 0.775. The van der Waals surface area contributed by atoms with Crippen LogP contribution >= 0.6 is 11.6 Å². The molecule has 1 aliphatic rings. The Bertz CT molecular complexity index is 727. The summed E-state index contributed by atoms with van der Waals surface area (Å²) in [7, 11) is 0. The van der Waals surface area contributed by atoms with Gasteiger partial charge in [-0.2, -0.15) is 0 Å². The number of carbonyl (C=O) groups excluding carboxylic acids is 1. The van der Waals surface area contributed by atoms with Gasteiger partial charge in [0, 0.05) is 11.5 Å². The molecule has 1 saturated heterocycles. The number of ether oxygens (including phenoxy) is 1. The Kier molecular flexibility index (Phi) is 4.02. The molecule has 1 fully saturated rings. The summed E-state index contributed by atoms with van der Waals surface area (Å²) < 4.78 is 18.7. The van der Waals surface area contributed by atoms with Crippen molar-refractivity contribution in [2.45, 2.75) is 25.9 Å². The van der Waals surface area contributed by atoms with E-state index in [4.69, 9.17) is 16.3 Å². The number of fused-ring (bicyclic) bond motifs is 1. The standard InChI is InChI=1S/C16H16ClFN2O2/c1-9-7-22-8-10(2)20(9)16(21)13-5-11-3-4-12(18)6-14(11)19-15(13)17/h3-6,9-10H,7-8H2,1-2H3. The largest absolute Gasteiger partial charge is 0.377 e. The van der Waals surface area contributed by atoms with Crippen LogP contribution in [0.15, 0.2) is 24.3 Å². The van der Waals surface area contributed by atoms with Crippen molar-refractivity contribution in [1.82, 2.24) is 9.88 Å². The predicted octanol–water partition coefficient (Wildman–Crippen LogP) is 3.28. The number of morpholine rings is 1. The molecular formula is C16H16ClFN2O2. The fourth-order valence-electron chi connectivity index (χ4n) is 2.81. The summed E-state index contributed by atoms with van der Waals surface area (Å²) >= 11 is 6.15. The molecule has 0 aliphatic carbocycles. The Morgan fingerprint density at radius 1 is 1.32 bits per heavy atom. The molecule has 0 spiro atoms. The summed E-state index contributed by atoms with van der Waals surface area (Å²) in [6.07, 6.45) is 0. The van der Waals surface area contributed by atoms with Gasteiger partial charge in [0.1, 0.15) is 11.0 Å². The van der Waals surface area contributed by atoms with Crippen LogP contribution in [0.2, 0.25) is 5.15 Å². The molecule has 1 aromatic carbocycles. The van der Waals surface area contributed by atoms with E-state index in [-0.39, 0.29) is 29.0 Å². The maximum atomic E-state index is 13.2. The lowest BCUT2D eigenvalue weighted by molar-refractivity contribution is -0.0249. The fraction of sp³-hybridized carbons (Fsp3) is 0.375. The molecule has 0 saturated carbocycles. The SMILES string of the molecule is CC1COCC(C)N1C(=O)c1cc2ccc(F)cc2nc1Cl. The molecule has 2 heterocycles. The molecule has 2 unspecified atom stereocenters.